The van der Waals surface area contributed by atoms with Crippen molar-refractivity contribution in [2.75, 3.05) is 14.2 Å². The lowest BCUT2D eigenvalue weighted by Crippen LogP contribution is -2.46. The van der Waals surface area contributed by atoms with Gasteiger partial charge in [0.1, 0.15) is 11.5 Å². The summed E-state index contributed by atoms with van der Waals surface area (Å²) in [5.41, 5.74) is 1.04. The number of rotatable bonds is 14. The van der Waals surface area contributed by atoms with E-state index in [2.05, 4.69) is 40.1 Å². The molecule has 0 bridgehead atoms. The first kappa shape index (κ1) is 30.1. The van der Waals surface area contributed by atoms with E-state index in [-0.39, 0.29) is 30.1 Å². The number of hydrogen-bond acceptors (Lipinski definition) is 7. The molecule has 8 heteroatoms. The highest BCUT2D eigenvalue weighted by molar-refractivity contribution is 6.69. The van der Waals surface area contributed by atoms with Crippen LogP contribution in [0.1, 0.15) is 39.7 Å². The lowest BCUT2D eigenvalue weighted by atomic mass is 9.84. The zero-order valence-corrected chi connectivity index (χ0v) is 24.3. The average molecular weight is 521 g/mol. The molecule has 0 radical (unpaired) electrons. The average Bonchev–Trinajstić information content (AvgIpc) is 2.77. The van der Waals surface area contributed by atoms with Gasteiger partial charge in [0.05, 0.1) is 38.1 Å². The zero-order valence-electron chi connectivity index (χ0n) is 23.3. The second-order valence-electron chi connectivity index (χ2n) is 10.8. The normalized spacial score (nSPS) is 19.7. The van der Waals surface area contributed by atoms with E-state index in [9.17, 15) is 4.79 Å². The second-order valence-corrected chi connectivity index (χ2v) is 15.2. The van der Waals surface area contributed by atoms with Crippen molar-refractivity contribution in [3.8, 4) is 5.75 Å². The minimum absolute atomic E-state index is 0.00357. The third kappa shape index (κ3) is 9.07. The van der Waals surface area contributed by atoms with Gasteiger partial charge >= 0.3 is 5.97 Å². The minimum atomic E-state index is -1.96. The molecule has 1 heterocycles. The standard InChI is InChI=1S/C28H44O7Si/c1-11-24(31-7)19(2)27(32-18-21-12-14-22(30-6)15-13-21)20(3)25(35-36(8,9)10)16-23-17-26(29)34-28(4,5)33-23/h11-15,17,19-20,24-25,27H,1,16,18H2,2-10H3/t19-,20-,24-,25+,27+/m1/s1. The maximum atomic E-state index is 12.2. The predicted molar refractivity (Wildman–Crippen MR) is 143 cm³/mol. The molecule has 1 aromatic carbocycles. The van der Waals surface area contributed by atoms with E-state index in [4.69, 9.17) is 28.1 Å². The van der Waals surface area contributed by atoms with Gasteiger partial charge in [0, 0.05) is 39.2 Å². The molecule has 0 amide bonds. The third-order valence-electron chi connectivity index (χ3n) is 6.16. The Morgan fingerprint density at radius 1 is 1.06 bits per heavy atom. The van der Waals surface area contributed by atoms with Crippen LogP contribution >= 0.6 is 0 Å². The topological polar surface area (TPSA) is 72.5 Å². The fraction of sp³-hybridized carbons (Fsp3) is 0.607. The molecule has 0 aliphatic carbocycles. The number of ether oxygens (including phenoxy) is 5. The van der Waals surface area contributed by atoms with Gasteiger partial charge in [-0.05, 0) is 37.3 Å². The number of carbonyl (C=O) groups excluding carboxylic acids is 1. The first-order chi connectivity index (χ1) is 16.8. The first-order valence-corrected chi connectivity index (χ1v) is 15.9. The Kier molecular flexibility index (Phi) is 10.8. The Hall–Kier alpha value is -2.13. The summed E-state index contributed by atoms with van der Waals surface area (Å²) in [6.07, 6.45) is 3.00. The number of carbonyl (C=O) groups is 1. The number of methoxy groups -OCH3 is 2. The maximum absolute atomic E-state index is 12.2. The van der Waals surface area contributed by atoms with Gasteiger partial charge in [-0.25, -0.2) is 4.79 Å². The van der Waals surface area contributed by atoms with Gasteiger partial charge in [0.2, 0.25) is 5.79 Å². The van der Waals surface area contributed by atoms with Crippen molar-refractivity contribution in [2.24, 2.45) is 11.8 Å². The van der Waals surface area contributed by atoms with Crippen molar-refractivity contribution < 1.29 is 32.9 Å². The largest absolute Gasteiger partial charge is 0.497 e. The van der Waals surface area contributed by atoms with E-state index in [1.165, 1.54) is 6.08 Å². The molecule has 7 nitrogen and oxygen atoms in total. The summed E-state index contributed by atoms with van der Waals surface area (Å²) in [6.45, 7) is 18.5. The molecule has 1 aliphatic heterocycles. The summed E-state index contributed by atoms with van der Waals surface area (Å²) in [7, 11) is 1.37. The Morgan fingerprint density at radius 2 is 1.69 bits per heavy atom. The summed E-state index contributed by atoms with van der Waals surface area (Å²) in [5, 5.41) is 0. The van der Waals surface area contributed by atoms with Gasteiger partial charge in [0.25, 0.3) is 0 Å². The summed E-state index contributed by atoms with van der Waals surface area (Å²) < 4.78 is 35.5. The van der Waals surface area contributed by atoms with Gasteiger partial charge in [-0.2, -0.15) is 0 Å². The van der Waals surface area contributed by atoms with Crippen molar-refractivity contribution >= 4 is 14.3 Å². The van der Waals surface area contributed by atoms with Crippen LogP contribution in [0.15, 0.2) is 48.8 Å². The first-order valence-electron chi connectivity index (χ1n) is 12.5. The molecule has 202 valence electrons. The summed E-state index contributed by atoms with van der Waals surface area (Å²) in [6, 6.07) is 7.84. The summed E-state index contributed by atoms with van der Waals surface area (Å²) in [5.74, 6) is -0.124. The monoisotopic (exact) mass is 520 g/mol. The van der Waals surface area contributed by atoms with Gasteiger partial charge in [-0.1, -0.05) is 32.1 Å². The molecule has 5 atom stereocenters. The highest BCUT2D eigenvalue weighted by Gasteiger charge is 2.39. The minimum Gasteiger partial charge on any atom is -0.497 e. The fourth-order valence-electron chi connectivity index (χ4n) is 4.48. The summed E-state index contributed by atoms with van der Waals surface area (Å²) in [4.78, 5) is 12.2. The molecule has 0 fully saturated rings. The molecule has 36 heavy (non-hydrogen) atoms. The van der Waals surface area contributed by atoms with Crippen LogP contribution < -0.4 is 4.74 Å². The molecule has 1 aliphatic rings. The number of hydrogen-bond donors (Lipinski definition) is 0. The lowest BCUT2D eigenvalue weighted by Gasteiger charge is -2.40. The lowest BCUT2D eigenvalue weighted by molar-refractivity contribution is -0.207. The number of cyclic esters (lactones) is 1. The number of benzene rings is 1. The van der Waals surface area contributed by atoms with Crippen molar-refractivity contribution in [2.45, 2.75) is 84.5 Å². The van der Waals surface area contributed by atoms with Crippen LogP contribution in [0.3, 0.4) is 0 Å². The fourth-order valence-corrected chi connectivity index (χ4v) is 5.68. The van der Waals surface area contributed by atoms with Crippen LogP contribution in [0.25, 0.3) is 0 Å². The molecule has 1 aromatic rings. The summed E-state index contributed by atoms with van der Waals surface area (Å²) >= 11 is 0. The van der Waals surface area contributed by atoms with E-state index in [0.29, 0.717) is 18.8 Å². The van der Waals surface area contributed by atoms with E-state index < -0.39 is 20.1 Å². The smallest absolute Gasteiger partial charge is 0.337 e. The van der Waals surface area contributed by atoms with Crippen molar-refractivity contribution in [1.82, 2.24) is 0 Å². The Labute approximate surface area is 217 Å². The molecule has 0 aromatic heterocycles. The molecular formula is C28H44O7Si. The maximum Gasteiger partial charge on any atom is 0.337 e. The van der Waals surface area contributed by atoms with Gasteiger partial charge < -0.3 is 28.1 Å². The molecule has 0 saturated carbocycles. The highest BCUT2D eigenvalue weighted by atomic mass is 28.4. The van der Waals surface area contributed by atoms with Crippen LogP contribution in [-0.4, -0.2) is 52.6 Å². The van der Waals surface area contributed by atoms with E-state index in [0.717, 1.165) is 11.3 Å². The van der Waals surface area contributed by atoms with Crippen molar-refractivity contribution in [3.05, 3.63) is 54.3 Å². The van der Waals surface area contributed by atoms with E-state index >= 15 is 0 Å². The van der Waals surface area contributed by atoms with Crippen molar-refractivity contribution in [1.29, 1.82) is 0 Å². The van der Waals surface area contributed by atoms with Crippen LogP contribution in [0.5, 0.6) is 5.75 Å². The van der Waals surface area contributed by atoms with Gasteiger partial charge in [-0.3, -0.25) is 0 Å². The van der Waals surface area contributed by atoms with E-state index in [1.807, 2.05) is 24.3 Å². The SMILES string of the molecule is C=C[C@@H](OC)[C@@H](C)[C@H](OCc1ccc(OC)cc1)[C@H](C)[C@H](CC1=CC(=O)OC(C)(C)O1)O[Si](C)(C)C. The molecule has 2 rings (SSSR count). The molecule has 0 saturated heterocycles. The highest BCUT2D eigenvalue weighted by Crippen LogP contribution is 2.33. The number of esters is 1. The van der Waals surface area contributed by atoms with Crippen LogP contribution in [0.4, 0.5) is 0 Å². The second kappa shape index (κ2) is 12.9. The van der Waals surface area contributed by atoms with Crippen LogP contribution in [-0.2, 0) is 34.8 Å². The Balaban J connectivity index is 2.34. The quantitative estimate of drug-likeness (QED) is 0.173. The predicted octanol–water partition coefficient (Wildman–Crippen LogP) is 5.86. The van der Waals surface area contributed by atoms with Crippen LogP contribution in [0, 0.1) is 11.8 Å². The molecular weight excluding hydrogens is 476 g/mol. The van der Waals surface area contributed by atoms with Gasteiger partial charge in [-0.15, -0.1) is 6.58 Å². The Morgan fingerprint density at radius 3 is 2.19 bits per heavy atom. The zero-order chi connectivity index (χ0) is 27.1. The molecule has 0 unspecified atom stereocenters. The Bertz CT molecular complexity index is 888. The van der Waals surface area contributed by atoms with Crippen LogP contribution in [0.2, 0.25) is 19.6 Å². The molecule has 0 N–H and O–H groups in total. The molecule has 0 spiro atoms. The van der Waals surface area contributed by atoms with Crippen molar-refractivity contribution in [3.63, 3.8) is 0 Å². The third-order valence-corrected chi connectivity index (χ3v) is 7.17. The van der Waals surface area contributed by atoms with Gasteiger partial charge in [0.15, 0.2) is 8.32 Å². The van der Waals surface area contributed by atoms with E-state index in [1.54, 1.807) is 34.1 Å².